The molecule has 116 valence electrons. The van der Waals surface area contributed by atoms with Crippen molar-refractivity contribution >= 4 is 8.32 Å². The summed E-state index contributed by atoms with van der Waals surface area (Å²) in [4.78, 5) is 2.85. The summed E-state index contributed by atoms with van der Waals surface area (Å²) in [6, 6.07) is 8.66. The molecule has 21 heavy (non-hydrogen) atoms. The molecule has 0 saturated heterocycles. The van der Waals surface area contributed by atoms with E-state index in [1.54, 1.807) is 0 Å². The van der Waals surface area contributed by atoms with Crippen molar-refractivity contribution in [3.63, 3.8) is 0 Å². The quantitative estimate of drug-likeness (QED) is 0.365. The number of rotatable bonds is 6. The van der Waals surface area contributed by atoms with Crippen LogP contribution in [0.5, 0.6) is 0 Å². The van der Waals surface area contributed by atoms with Gasteiger partial charge in [0.05, 0.1) is 18.8 Å². The van der Waals surface area contributed by atoms with Crippen LogP contribution in [0.4, 0.5) is 0 Å². The minimum Gasteiger partial charge on any atom is -0.414 e. The van der Waals surface area contributed by atoms with Crippen LogP contribution < -0.4 is 0 Å². The Bertz CT molecular complexity index is 493. The van der Waals surface area contributed by atoms with Crippen molar-refractivity contribution in [3.05, 3.63) is 46.3 Å². The zero-order valence-corrected chi connectivity index (χ0v) is 14.4. The number of aliphatic hydroxyl groups is 1. The number of hydrogen-bond acceptors (Lipinski definition) is 3. The highest BCUT2D eigenvalue weighted by Crippen LogP contribution is 2.37. The van der Waals surface area contributed by atoms with E-state index in [1.807, 2.05) is 30.3 Å². The summed E-state index contributed by atoms with van der Waals surface area (Å²) in [5, 5.41) is 14.2. The normalized spacial score (nSPS) is 15.1. The fraction of sp³-hybridized carbons (Fsp3) is 0.600. The maximum Gasteiger partial charge on any atom is 0.192 e. The molecule has 0 saturated carbocycles. The van der Waals surface area contributed by atoms with Crippen LogP contribution in [0.25, 0.3) is 10.4 Å². The molecule has 0 fully saturated rings. The summed E-state index contributed by atoms with van der Waals surface area (Å²) in [5.41, 5.74) is 9.51. The van der Waals surface area contributed by atoms with Gasteiger partial charge in [0.25, 0.3) is 0 Å². The minimum atomic E-state index is -1.93. The predicted molar refractivity (Wildman–Crippen MR) is 87.5 cm³/mol. The molecule has 0 bridgehead atoms. The first-order valence-electron chi connectivity index (χ1n) is 7.10. The van der Waals surface area contributed by atoms with Gasteiger partial charge in [0, 0.05) is 4.91 Å². The molecular weight excluding hydrogens is 282 g/mol. The van der Waals surface area contributed by atoms with Crippen LogP contribution >= 0.6 is 0 Å². The zero-order valence-electron chi connectivity index (χ0n) is 13.4. The van der Waals surface area contributed by atoms with E-state index in [0.29, 0.717) is 0 Å². The van der Waals surface area contributed by atoms with E-state index in [1.165, 1.54) is 0 Å². The van der Waals surface area contributed by atoms with Gasteiger partial charge in [-0.25, -0.2) is 0 Å². The molecule has 6 heteroatoms. The highest BCUT2D eigenvalue weighted by molar-refractivity contribution is 6.74. The van der Waals surface area contributed by atoms with Crippen molar-refractivity contribution in [3.8, 4) is 0 Å². The predicted octanol–water partition coefficient (Wildman–Crippen LogP) is 4.42. The third-order valence-corrected chi connectivity index (χ3v) is 8.60. The second-order valence-corrected chi connectivity index (χ2v) is 11.5. The molecule has 1 rings (SSSR count). The van der Waals surface area contributed by atoms with Gasteiger partial charge in [-0.3, -0.25) is 0 Å². The Hall–Kier alpha value is -1.33. The molecule has 0 aliphatic carbocycles. The molecule has 0 amide bonds. The largest absolute Gasteiger partial charge is 0.414 e. The smallest absolute Gasteiger partial charge is 0.192 e. The lowest BCUT2D eigenvalue weighted by Crippen LogP contribution is -2.43. The second-order valence-electron chi connectivity index (χ2n) is 6.70. The van der Waals surface area contributed by atoms with E-state index in [2.05, 4.69) is 43.9 Å². The van der Waals surface area contributed by atoms with Gasteiger partial charge in [-0.15, -0.1) is 0 Å². The van der Waals surface area contributed by atoms with E-state index >= 15 is 0 Å². The van der Waals surface area contributed by atoms with Crippen molar-refractivity contribution in [1.29, 1.82) is 0 Å². The van der Waals surface area contributed by atoms with Crippen LogP contribution in [0.15, 0.2) is 35.4 Å². The van der Waals surface area contributed by atoms with Gasteiger partial charge in [-0.2, -0.15) is 0 Å². The Morgan fingerprint density at radius 1 is 1.29 bits per heavy atom. The molecular formula is C15H25N3O2Si. The van der Waals surface area contributed by atoms with Gasteiger partial charge < -0.3 is 9.53 Å². The SMILES string of the molecule is CC(C)(C)[Si](C)(C)OC[C@@H](O)[C@@H](N=[N+]=[N-])c1ccccc1. The first-order valence-corrected chi connectivity index (χ1v) is 10.0. The maximum atomic E-state index is 10.4. The number of aliphatic hydroxyl groups excluding tert-OH is 1. The Morgan fingerprint density at radius 2 is 1.86 bits per heavy atom. The first-order chi connectivity index (χ1) is 9.69. The lowest BCUT2D eigenvalue weighted by molar-refractivity contribution is 0.0787. The second kappa shape index (κ2) is 7.09. The number of benzene rings is 1. The van der Waals surface area contributed by atoms with Crippen LogP contribution in [-0.2, 0) is 4.43 Å². The molecule has 0 aliphatic heterocycles. The van der Waals surface area contributed by atoms with Crippen LogP contribution in [-0.4, -0.2) is 26.1 Å². The molecule has 0 heterocycles. The summed E-state index contributed by atoms with van der Waals surface area (Å²) >= 11 is 0. The van der Waals surface area contributed by atoms with Gasteiger partial charge in [0.1, 0.15) is 0 Å². The molecule has 2 atom stereocenters. The van der Waals surface area contributed by atoms with Crippen molar-refractivity contribution in [2.45, 2.75) is 51.0 Å². The Labute approximate surface area is 127 Å². The molecule has 1 aromatic carbocycles. The van der Waals surface area contributed by atoms with E-state index in [9.17, 15) is 5.11 Å². The summed E-state index contributed by atoms with van der Waals surface area (Å²) in [6.45, 7) is 10.9. The topological polar surface area (TPSA) is 78.2 Å². The fourth-order valence-electron chi connectivity index (χ4n) is 1.67. The van der Waals surface area contributed by atoms with Crippen LogP contribution in [0.1, 0.15) is 32.4 Å². The molecule has 5 nitrogen and oxygen atoms in total. The molecule has 0 unspecified atom stereocenters. The zero-order chi connectivity index (χ0) is 16.1. The molecule has 1 aromatic rings. The van der Waals surface area contributed by atoms with Crippen LogP contribution in [0.2, 0.25) is 18.1 Å². The Morgan fingerprint density at radius 3 is 2.33 bits per heavy atom. The number of hydrogen-bond donors (Lipinski definition) is 1. The van der Waals surface area contributed by atoms with Crippen molar-refractivity contribution in [1.82, 2.24) is 0 Å². The van der Waals surface area contributed by atoms with Crippen molar-refractivity contribution in [2.75, 3.05) is 6.61 Å². The summed E-state index contributed by atoms with van der Waals surface area (Å²) in [5.74, 6) is 0. The van der Waals surface area contributed by atoms with Gasteiger partial charge in [0.2, 0.25) is 0 Å². The summed E-state index contributed by atoms with van der Waals surface area (Å²) < 4.78 is 6.01. The van der Waals surface area contributed by atoms with Crippen molar-refractivity contribution < 1.29 is 9.53 Å². The molecule has 0 radical (unpaired) electrons. The van der Waals surface area contributed by atoms with E-state index < -0.39 is 20.5 Å². The van der Waals surface area contributed by atoms with E-state index in [-0.39, 0.29) is 11.6 Å². The van der Waals surface area contributed by atoms with Crippen LogP contribution in [0.3, 0.4) is 0 Å². The molecule has 0 aromatic heterocycles. The minimum absolute atomic E-state index is 0.0768. The highest BCUT2D eigenvalue weighted by Gasteiger charge is 2.38. The average molecular weight is 307 g/mol. The lowest BCUT2D eigenvalue weighted by atomic mass is 10.0. The Balaban J connectivity index is 2.80. The third kappa shape index (κ3) is 4.86. The highest BCUT2D eigenvalue weighted by atomic mass is 28.4. The Kier molecular flexibility index (Phi) is 5.98. The van der Waals surface area contributed by atoms with Gasteiger partial charge in [-0.05, 0) is 29.2 Å². The first kappa shape index (κ1) is 17.7. The molecule has 0 spiro atoms. The molecule has 0 aliphatic rings. The summed E-state index contributed by atoms with van der Waals surface area (Å²) in [7, 11) is -1.93. The van der Waals surface area contributed by atoms with E-state index in [4.69, 9.17) is 9.96 Å². The lowest BCUT2D eigenvalue weighted by Gasteiger charge is -2.37. The maximum absolute atomic E-state index is 10.4. The van der Waals surface area contributed by atoms with E-state index in [0.717, 1.165) is 5.56 Å². The number of azide groups is 1. The van der Waals surface area contributed by atoms with Gasteiger partial charge in [0.15, 0.2) is 8.32 Å². The third-order valence-electron chi connectivity index (χ3n) is 4.10. The number of nitrogens with zero attached hydrogens (tertiary/aromatic N) is 3. The standard InChI is InChI=1S/C15H25N3O2Si/c1-15(2,3)21(4,5)20-11-13(19)14(17-18-16)12-9-7-6-8-10-12/h6-10,13-14,19H,11H2,1-5H3/t13-,14+/m1/s1. The molecule has 1 N–H and O–H groups in total. The van der Waals surface area contributed by atoms with Gasteiger partial charge in [-0.1, -0.05) is 56.2 Å². The van der Waals surface area contributed by atoms with Crippen LogP contribution in [0, 0.1) is 0 Å². The average Bonchev–Trinajstić information content (AvgIpc) is 2.42. The van der Waals surface area contributed by atoms with Crippen molar-refractivity contribution in [2.24, 2.45) is 5.11 Å². The monoisotopic (exact) mass is 307 g/mol. The van der Waals surface area contributed by atoms with Gasteiger partial charge >= 0.3 is 0 Å². The fourth-order valence-corrected chi connectivity index (χ4v) is 2.69. The summed E-state index contributed by atoms with van der Waals surface area (Å²) in [6.07, 6.45) is -0.850.